The summed E-state index contributed by atoms with van der Waals surface area (Å²) in [5, 5.41) is 21.8. The minimum atomic E-state index is -0.477. The van der Waals surface area contributed by atoms with Gasteiger partial charge in [-0.25, -0.2) is 4.68 Å². The van der Waals surface area contributed by atoms with Crippen molar-refractivity contribution in [1.29, 1.82) is 0 Å². The first-order chi connectivity index (χ1) is 15.5. The first kappa shape index (κ1) is 21.5. The van der Waals surface area contributed by atoms with Crippen LogP contribution in [0.15, 0.2) is 48.5 Å². The molecule has 0 unspecified atom stereocenters. The molecule has 1 amide bonds. The molecule has 0 aliphatic heterocycles. The Labute approximate surface area is 185 Å². The number of benzene rings is 2. The van der Waals surface area contributed by atoms with Crippen molar-refractivity contribution < 1.29 is 14.5 Å². The Bertz CT molecular complexity index is 1100. The molecule has 1 saturated carbocycles. The van der Waals surface area contributed by atoms with Gasteiger partial charge in [-0.15, -0.1) is 5.10 Å². The van der Waals surface area contributed by atoms with E-state index in [1.54, 1.807) is 19.1 Å². The first-order valence-corrected chi connectivity index (χ1v) is 10.7. The van der Waals surface area contributed by atoms with Crippen LogP contribution in [0.5, 0.6) is 5.75 Å². The van der Waals surface area contributed by atoms with Crippen LogP contribution in [0, 0.1) is 17.0 Å². The van der Waals surface area contributed by atoms with Crippen LogP contribution in [0.2, 0.25) is 0 Å². The summed E-state index contributed by atoms with van der Waals surface area (Å²) < 4.78 is 7.45. The third kappa shape index (κ3) is 4.93. The summed E-state index contributed by atoms with van der Waals surface area (Å²) in [7, 11) is 0. The Hall–Kier alpha value is -3.75. The third-order valence-corrected chi connectivity index (χ3v) is 5.63. The second-order valence-electron chi connectivity index (χ2n) is 7.92. The van der Waals surface area contributed by atoms with Gasteiger partial charge in [0.15, 0.2) is 5.69 Å². The summed E-state index contributed by atoms with van der Waals surface area (Å²) >= 11 is 0. The molecule has 2 aromatic carbocycles. The number of carbonyl (C=O) groups excluding carboxylic acids is 1. The fraction of sp³-hybridized carbons (Fsp3) is 0.348. The second kappa shape index (κ2) is 9.59. The van der Waals surface area contributed by atoms with E-state index in [-0.39, 0.29) is 17.3 Å². The molecule has 0 saturated heterocycles. The zero-order valence-electron chi connectivity index (χ0n) is 17.9. The number of ether oxygens (including phenoxy) is 1. The van der Waals surface area contributed by atoms with E-state index in [0.717, 1.165) is 24.2 Å². The number of nitrogens with one attached hydrogen (secondary N) is 1. The molecule has 1 aliphatic rings. The molecular formula is C23H25N5O4. The minimum Gasteiger partial charge on any atom is -0.490 e. The quantitative estimate of drug-likeness (QED) is 0.441. The molecule has 3 aromatic rings. The average Bonchev–Trinajstić information content (AvgIpc) is 3.20. The van der Waals surface area contributed by atoms with Crippen molar-refractivity contribution in [1.82, 2.24) is 20.3 Å². The van der Waals surface area contributed by atoms with E-state index < -0.39 is 4.92 Å². The maximum absolute atomic E-state index is 12.6. The average molecular weight is 435 g/mol. The predicted molar refractivity (Wildman–Crippen MR) is 118 cm³/mol. The van der Waals surface area contributed by atoms with E-state index in [4.69, 9.17) is 4.74 Å². The summed E-state index contributed by atoms with van der Waals surface area (Å²) in [5.74, 6) is 0.490. The predicted octanol–water partition coefficient (Wildman–Crippen LogP) is 4.13. The SMILES string of the molecule is Cc1c(C(=O)NCc2ccc(OC3CCCCC3)cc2)nnn1-c1cccc([N+](=O)[O-])c1. The maximum atomic E-state index is 12.6. The number of nitro benzene ring substituents is 1. The molecule has 0 spiro atoms. The fourth-order valence-electron chi connectivity index (χ4n) is 3.85. The third-order valence-electron chi connectivity index (χ3n) is 5.63. The van der Waals surface area contributed by atoms with Gasteiger partial charge in [-0.2, -0.15) is 0 Å². The zero-order chi connectivity index (χ0) is 22.5. The van der Waals surface area contributed by atoms with E-state index in [9.17, 15) is 14.9 Å². The number of hydrogen-bond acceptors (Lipinski definition) is 6. The van der Waals surface area contributed by atoms with Crippen LogP contribution in [-0.2, 0) is 6.54 Å². The largest absolute Gasteiger partial charge is 0.490 e. The summed E-state index contributed by atoms with van der Waals surface area (Å²) in [5.41, 5.74) is 2.03. The topological polar surface area (TPSA) is 112 Å². The number of amides is 1. The minimum absolute atomic E-state index is 0.0562. The Morgan fingerprint density at radius 2 is 1.94 bits per heavy atom. The summed E-state index contributed by atoms with van der Waals surface area (Å²) in [6.07, 6.45) is 6.24. The molecule has 0 radical (unpaired) electrons. The smallest absolute Gasteiger partial charge is 0.274 e. The van der Waals surface area contributed by atoms with Gasteiger partial charge < -0.3 is 10.1 Å². The van der Waals surface area contributed by atoms with Crippen LogP contribution in [0.3, 0.4) is 0 Å². The number of hydrogen-bond donors (Lipinski definition) is 1. The van der Waals surface area contributed by atoms with Crippen molar-refractivity contribution in [3.8, 4) is 11.4 Å². The lowest BCUT2D eigenvalue weighted by Gasteiger charge is -2.23. The van der Waals surface area contributed by atoms with Gasteiger partial charge in [0.1, 0.15) is 5.75 Å². The van der Waals surface area contributed by atoms with Crippen molar-refractivity contribution in [2.24, 2.45) is 0 Å². The van der Waals surface area contributed by atoms with E-state index in [2.05, 4.69) is 15.6 Å². The fourth-order valence-corrected chi connectivity index (χ4v) is 3.85. The first-order valence-electron chi connectivity index (χ1n) is 10.7. The van der Waals surface area contributed by atoms with Crippen molar-refractivity contribution in [3.63, 3.8) is 0 Å². The molecule has 1 fully saturated rings. The summed E-state index contributed by atoms with van der Waals surface area (Å²) in [6, 6.07) is 13.8. The van der Waals surface area contributed by atoms with Crippen molar-refractivity contribution in [2.45, 2.75) is 51.7 Å². The molecule has 4 rings (SSSR count). The second-order valence-corrected chi connectivity index (χ2v) is 7.92. The number of rotatable bonds is 7. The van der Waals surface area contributed by atoms with Crippen LogP contribution in [0.25, 0.3) is 5.69 Å². The molecule has 1 aromatic heterocycles. The van der Waals surface area contributed by atoms with Crippen molar-refractivity contribution in [2.75, 3.05) is 0 Å². The van der Waals surface area contributed by atoms with Gasteiger partial charge in [-0.3, -0.25) is 14.9 Å². The summed E-state index contributed by atoms with van der Waals surface area (Å²) in [4.78, 5) is 23.2. The molecule has 1 aliphatic carbocycles. The molecule has 0 bridgehead atoms. The lowest BCUT2D eigenvalue weighted by Crippen LogP contribution is -2.24. The highest BCUT2D eigenvalue weighted by Crippen LogP contribution is 2.23. The highest BCUT2D eigenvalue weighted by Gasteiger charge is 2.19. The maximum Gasteiger partial charge on any atom is 0.274 e. The van der Waals surface area contributed by atoms with Gasteiger partial charge in [-0.1, -0.05) is 29.8 Å². The Balaban J connectivity index is 1.37. The van der Waals surface area contributed by atoms with E-state index in [0.29, 0.717) is 24.0 Å². The Kier molecular flexibility index (Phi) is 6.44. The highest BCUT2D eigenvalue weighted by molar-refractivity contribution is 5.93. The molecule has 0 atom stereocenters. The van der Waals surface area contributed by atoms with Crippen LogP contribution >= 0.6 is 0 Å². The molecule has 1 N–H and O–H groups in total. The number of non-ortho nitro benzene ring substituents is 1. The zero-order valence-corrected chi connectivity index (χ0v) is 17.9. The lowest BCUT2D eigenvalue weighted by molar-refractivity contribution is -0.384. The van der Waals surface area contributed by atoms with Gasteiger partial charge in [0.05, 0.1) is 22.4 Å². The van der Waals surface area contributed by atoms with Gasteiger partial charge >= 0.3 is 0 Å². The Morgan fingerprint density at radius 3 is 2.66 bits per heavy atom. The van der Waals surface area contributed by atoms with Crippen molar-refractivity contribution >= 4 is 11.6 Å². The standard InChI is InChI=1S/C23H25N5O4/c1-16-22(25-26-27(16)18-6-5-7-19(14-18)28(30)31)23(29)24-15-17-10-12-21(13-11-17)32-20-8-3-2-4-9-20/h5-7,10-14,20H,2-4,8-9,15H2,1H3,(H,24,29). The molecule has 1 heterocycles. The van der Waals surface area contributed by atoms with Gasteiger partial charge in [0.25, 0.3) is 11.6 Å². The van der Waals surface area contributed by atoms with Crippen LogP contribution < -0.4 is 10.1 Å². The molecule has 166 valence electrons. The van der Waals surface area contributed by atoms with Gasteiger partial charge in [-0.05, 0) is 56.4 Å². The molecular weight excluding hydrogens is 410 g/mol. The number of nitrogens with zero attached hydrogens (tertiary/aromatic N) is 4. The number of aromatic nitrogens is 3. The van der Waals surface area contributed by atoms with Crippen LogP contribution in [0.1, 0.15) is 53.8 Å². The van der Waals surface area contributed by atoms with E-state index in [1.165, 1.54) is 36.1 Å². The molecule has 32 heavy (non-hydrogen) atoms. The van der Waals surface area contributed by atoms with Crippen molar-refractivity contribution in [3.05, 3.63) is 75.6 Å². The van der Waals surface area contributed by atoms with Crippen LogP contribution in [-0.4, -0.2) is 31.9 Å². The molecule has 9 heteroatoms. The number of nitro groups is 1. The van der Waals surface area contributed by atoms with Gasteiger partial charge in [0, 0.05) is 18.7 Å². The monoisotopic (exact) mass is 435 g/mol. The lowest BCUT2D eigenvalue weighted by atomic mass is 9.98. The highest BCUT2D eigenvalue weighted by atomic mass is 16.6. The molecule has 9 nitrogen and oxygen atoms in total. The van der Waals surface area contributed by atoms with E-state index in [1.807, 2.05) is 24.3 Å². The summed E-state index contributed by atoms with van der Waals surface area (Å²) in [6.45, 7) is 2.04. The Morgan fingerprint density at radius 1 is 1.19 bits per heavy atom. The normalized spacial score (nSPS) is 14.2. The number of carbonyl (C=O) groups is 1. The van der Waals surface area contributed by atoms with Gasteiger partial charge in [0.2, 0.25) is 0 Å². The van der Waals surface area contributed by atoms with Crippen LogP contribution in [0.4, 0.5) is 5.69 Å². The van der Waals surface area contributed by atoms with E-state index >= 15 is 0 Å².